The van der Waals surface area contributed by atoms with Gasteiger partial charge >= 0.3 is 0 Å². The molecular formula is C21H24N4O2S. The molecule has 0 saturated heterocycles. The van der Waals surface area contributed by atoms with Gasteiger partial charge in [0.05, 0.1) is 18.4 Å². The second kappa shape index (κ2) is 9.52. The summed E-state index contributed by atoms with van der Waals surface area (Å²) in [6, 6.07) is 17.6. The number of benzene rings is 2. The number of methoxy groups -OCH3 is 1. The van der Waals surface area contributed by atoms with Crippen LogP contribution in [0, 0.1) is 6.92 Å². The first kappa shape index (κ1) is 20.1. The van der Waals surface area contributed by atoms with E-state index in [0.29, 0.717) is 18.3 Å². The molecule has 0 aliphatic carbocycles. The Bertz CT molecular complexity index is 927. The number of aromatic nitrogens is 3. The van der Waals surface area contributed by atoms with Crippen LogP contribution in [-0.2, 0) is 16.1 Å². The van der Waals surface area contributed by atoms with Crippen LogP contribution in [0.15, 0.2) is 59.8 Å². The van der Waals surface area contributed by atoms with E-state index in [-0.39, 0.29) is 11.2 Å². The Labute approximate surface area is 169 Å². The highest BCUT2D eigenvalue weighted by Gasteiger charge is 2.21. The molecule has 1 atom stereocenters. The van der Waals surface area contributed by atoms with Gasteiger partial charge in [0.1, 0.15) is 0 Å². The molecule has 28 heavy (non-hydrogen) atoms. The van der Waals surface area contributed by atoms with Gasteiger partial charge in [-0.25, -0.2) is 0 Å². The number of anilines is 1. The molecule has 2 aromatic carbocycles. The molecule has 0 unspecified atom stereocenters. The first-order chi connectivity index (χ1) is 13.6. The van der Waals surface area contributed by atoms with Crippen molar-refractivity contribution in [3.05, 3.63) is 60.2 Å². The zero-order chi connectivity index (χ0) is 19.9. The first-order valence-corrected chi connectivity index (χ1v) is 9.98. The zero-order valence-electron chi connectivity index (χ0n) is 16.3. The van der Waals surface area contributed by atoms with Crippen molar-refractivity contribution in [1.29, 1.82) is 0 Å². The Morgan fingerprint density at radius 2 is 1.96 bits per heavy atom. The Morgan fingerprint density at radius 3 is 2.68 bits per heavy atom. The number of nitrogens with one attached hydrogen (secondary N) is 1. The molecule has 0 spiro atoms. The molecule has 3 rings (SSSR count). The topological polar surface area (TPSA) is 69.0 Å². The standard InChI is InChI=1S/C21H24N4O2S/c1-15-8-7-9-17(14-15)19-23-24-21(25(19)12-13-27-3)28-16(2)20(26)22-18-10-5-4-6-11-18/h4-11,14,16H,12-13H2,1-3H3,(H,22,26)/t16-/m1/s1. The molecular weight excluding hydrogens is 372 g/mol. The zero-order valence-corrected chi connectivity index (χ0v) is 17.1. The molecule has 1 amide bonds. The summed E-state index contributed by atoms with van der Waals surface area (Å²) in [5.74, 6) is 0.702. The third kappa shape index (κ3) is 4.99. The Kier molecular flexibility index (Phi) is 6.84. The van der Waals surface area contributed by atoms with Gasteiger partial charge in [0, 0.05) is 18.4 Å². The molecule has 6 nitrogen and oxygen atoms in total. The SMILES string of the molecule is COCCn1c(S[C@H](C)C(=O)Nc2ccccc2)nnc1-c1cccc(C)c1. The predicted octanol–water partition coefficient (Wildman–Crippen LogP) is 4.02. The number of thioether (sulfide) groups is 1. The largest absolute Gasteiger partial charge is 0.383 e. The van der Waals surface area contributed by atoms with Crippen molar-refractivity contribution in [1.82, 2.24) is 14.8 Å². The molecule has 0 aliphatic heterocycles. The Morgan fingerprint density at radius 1 is 1.18 bits per heavy atom. The fraction of sp³-hybridized carbons (Fsp3) is 0.286. The summed E-state index contributed by atoms with van der Waals surface area (Å²) in [5.41, 5.74) is 2.93. The minimum atomic E-state index is -0.323. The monoisotopic (exact) mass is 396 g/mol. The van der Waals surface area contributed by atoms with Crippen LogP contribution in [0.3, 0.4) is 0 Å². The summed E-state index contributed by atoms with van der Waals surface area (Å²) in [6.07, 6.45) is 0. The second-order valence-corrected chi connectivity index (χ2v) is 7.74. The number of para-hydroxylation sites is 1. The van der Waals surface area contributed by atoms with E-state index in [9.17, 15) is 4.79 Å². The minimum Gasteiger partial charge on any atom is -0.383 e. The van der Waals surface area contributed by atoms with Crippen molar-refractivity contribution in [3.63, 3.8) is 0 Å². The van der Waals surface area contributed by atoms with E-state index in [1.807, 2.05) is 66.9 Å². The van der Waals surface area contributed by atoms with Gasteiger partial charge in [0.25, 0.3) is 0 Å². The number of hydrogen-bond acceptors (Lipinski definition) is 5. The number of hydrogen-bond donors (Lipinski definition) is 1. The minimum absolute atomic E-state index is 0.0744. The lowest BCUT2D eigenvalue weighted by Crippen LogP contribution is -2.23. The number of nitrogens with zero attached hydrogens (tertiary/aromatic N) is 3. The van der Waals surface area contributed by atoms with Crippen LogP contribution in [0.25, 0.3) is 11.4 Å². The van der Waals surface area contributed by atoms with Gasteiger partial charge in [0.2, 0.25) is 5.91 Å². The van der Waals surface area contributed by atoms with E-state index < -0.39 is 0 Å². The Hall–Kier alpha value is -2.64. The summed E-state index contributed by atoms with van der Waals surface area (Å²) in [7, 11) is 1.67. The maximum atomic E-state index is 12.5. The molecule has 1 aromatic heterocycles. The lowest BCUT2D eigenvalue weighted by Gasteiger charge is -2.14. The molecule has 1 heterocycles. The smallest absolute Gasteiger partial charge is 0.237 e. The van der Waals surface area contributed by atoms with Crippen LogP contribution >= 0.6 is 11.8 Å². The van der Waals surface area contributed by atoms with E-state index in [2.05, 4.69) is 21.6 Å². The van der Waals surface area contributed by atoms with Crippen molar-refractivity contribution in [2.75, 3.05) is 19.0 Å². The normalized spacial score (nSPS) is 12.0. The molecule has 0 aliphatic rings. The van der Waals surface area contributed by atoms with Crippen LogP contribution in [0.2, 0.25) is 0 Å². The summed E-state index contributed by atoms with van der Waals surface area (Å²) in [4.78, 5) is 12.5. The first-order valence-electron chi connectivity index (χ1n) is 9.10. The molecule has 7 heteroatoms. The van der Waals surface area contributed by atoms with Gasteiger partial charge in [-0.3, -0.25) is 9.36 Å². The van der Waals surface area contributed by atoms with Crippen LogP contribution in [0.4, 0.5) is 5.69 Å². The lowest BCUT2D eigenvalue weighted by atomic mass is 10.1. The highest BCUT2D eigenvalue weighted by molar-refractivity contribution is 8.00. The molecule has 146 valence electrons. The number of carbonyl (C=O) groups is 1. The molecule has 1 N–H and O–H groups in total. The highest BCUT2D eigenvalue weighted by atomic mass is 32.2. The van der Waals surface area contributed by atoms with Gasteiger partial charge in [0.15, 0.2) is 11.0 Å². The molecule has 0 radical (unpaired) electrons. The fourth-order valence-electron chi connectivity index (χ4n) is 2.73. The number of rotatable bonds is 8. The average molecular weight is 397 g/mol. The van der Waals surface area contributed by atoms with Crippen molar-refractivity contribution >= 4 is 23.4 Å². The molecule has 0 bridgehead atoms. The lowest BCUT2D eigenvalue weighted by molar-refractivity contribution is -0.115. The Balaban J connectivity index is 1.79. The van der Waals surface area contributed by atoms with Crippen LogP contribution in [-0.4, -0.2) is 39.6 Å². The van der Waals surface area contributed by atoms with Crippen molar-refractivity contribution < 1.29 is 9.53 Å². The number of ether oxygens (including phenoxy) is 1. The predicted molar refractivity (Wildman–Crippen MR) is 112 cm³/mol. The third-order valence-electron chi connectivity index (χ3n) is 4.20. The molecule has 3 aromatic rings. The van der Waals surface area contributed by atoms with Crippen molar-refractivity contribution in [3.8, 4) is 11.4 Å². The molecule has 0 saturated carbocycles. The van der Waals surface area contributed by atoms with Gasteiger partial charge in [-0.2, -0.15) is 0 Å². The number of aryl methyl sites for hydroxylation is 1. The maximum absolute atomic E-state index is 12.5. The number of amides is 1. The van der Waals surface area contributed by atoms with Gasteiger partial charge in [-0.15, -0.1) is 10.2 Å². The maximum Gasteiger partial charge on any atom is 0.237 e. The van der Waals surface area contributed by atoms with Crippen LogP contribution in [0.5, 0.6) is 0 Å². The van der Waals surface area contributed by atoms with Gasteiger partial charge in [-0.05, 0) is 32.0 Å². The van der Waals surface area contributed by atoms with Crippen LogP contribution < -0.4 is 5.32 Å². The molecule has 0 fully saturated rings. The van der Waals surface area contributed by atoms with E-state index in [1.165, 1.54) is 11.8 Å². The van der Waals surface area contributed by atoms with Crippen LogP contribution in [0.1, 0.15) is 12.5 Å². The summed E-state index contributed by atoms with van der Waals surface area (Å²) < 4.78 is 7.26. The van der Waals surface area contributed by atoms with E-state index >= 15 is 0 Å². The third-order valence-corrected chi connectivity index (χ3v) is 5.29. The van der Waals surface area contributed by atoms with Crippen molar-refractivity contribution in [2.45, 2.75) is 30.8 Å². The summed E-state index contributed by atoms with van der Waals surface area (Å²) in [6.45, 7) is 5.06. The fourth-order valence-corrected chi connectivity index (χ4v) is 3.61. The van der Waals surface area contributed by atoms with Gasteiger partial charge < -0.3 is 10.1 Å². The average Bonchev–Trinajstić information content (AvgIpc) is 3.09. The quantitative estimate of drug-likeness (QED) is 0.583. The number of carbonyl (C=O) groups excluding carboxylic acids is 1. The highest BCUT2D eigenvalue weighted by Crippen LogP contribution is 2.27. The van der Waals surface area contributed by atoms with Crippen molar-refractivity contribution in [2.24, 2.45) is 0 Å². The van der Waals surface area contributed by atoms with Gasteiger partial charge in [-0.1, -0.05) is 53.7 Å². The van der Waals surface area contributed by atoms with E-state index in [1.54, 1.807) is 7.11 Å². The second-order valence-electron chi connectivity index (χ2n) is 6.44. The van der Waals surface area contributed by atoms with E-state index in [4.69, 9.17) is 4.74 Å². The summed E-state index contributed by atoms with van der Waals surface area (Å²) in [5, 5.41) is 12.0. The summed E-state index contributed by atoms with van der Waals surface area (Å²) >= 11 is 1.39. The van der Waals surface area contributed by atoms with E-state index in [0.717, 1.165) is 22.6 Å².